The van der Waals surface area contributed by atoms with Gasteiger partial charge in [0.05, 0.1) is 12.2 Å². The highest BCUT2D eigenvalue weighted by Crippen LogP contribution is 2.17. The second kappa shape index (κ2) is 11.6. The first-order valence-electron chi connectivity index (χ1n) is 11.9. The molecule has 2 atom stereocenters. The lowest BCUT2D eigenvalue weighted by atomic mass is 10.1. The maximum absolute atomic E-state index is 12.8. The van der Waals surface area contributed by atoms with Crippen molar-refractivity contribution in [1.82, 2.24) is 15.1 Å². The molecule has 0 spiro atoms. The smallest absolute Gasteiger partial charge is 0.251 e. The van der Waals surface area contributed by atoms with Crippen molar-refractivity contribution in [1.29, 1.82) is 0 Å². The Morgan fingerprint density at radius 1 is 1.06 bits per heavy atom. The molecule has 1 aliphatic heterocycles. The van der Waals surface area contributed by atoms with Gasteiger partial charge in [-0.2, -0.15) is 0 Å². The second-order valence-corrected chi connectivity index (χ2v) is 9.26. The molecule has 1 heterocycles. The zero-order chi connectivity index (χ0) is 23.1. The third-order valence-corrected chi connectivity index (χ3v) is 6.19. The topological polar surface area (TPSA) is 44.8 Å². The fourth-order valence-corrected chi connectivity index (χ4v) is 4.47. The minimum atomic E-state index is -0.0313. The number of benzene rings is 2. The predicted octanol–water partition coefficient (Wildman–Crippen LogP) is 4.46. The van der Waals surface area contributed by atoms with E-state index in [0.29, 0.717) is 18.2 Å². The van der Waals surface area contributed by atoms with Gasteiger partial charge in [-0.3, -0.25) is 14.6 Å². The molecule has 3 rings (SSSR count). The SMILES string of the molecule is CCN(Cc1ccc(C(=O)NCc2ccccc2CN2CC(C)OC(C)C2)cc1)C(C)C. The Labute approximate surface area is 193 Å². The molecular formula is C27H39N3O2. The highest BCUT2D eigenvalue weighted by atomic mass is 16.5. The molecule has 5 nitrogen and oxygen atoms in total. The van der Waals surface area contributed by atoms with E-state index in [1.54, 1.807) is 0 Å². The van der Waals surface area contributed by atoms with E-state index < -0.39 is 0 Å². The first-order chi connectivity index (χ1) is 15.4. The zero-order valence-electron chi connectivity index (χ0n) is 20.3. The van der Waals surface area contributed by atoms with Crippen molar-refractivity contribution in [2.75, 3.05) is 19.6 Å². The van der Waals surface area contributed by atoms with E-state index >= 15 is 0 Å². The summed E-state index contributed by atoms with van der Waals surface area (Å²) in [6.45, 7) is 16.1. The molecule has 1 aliphatic rings. The summed E-state index contributed by atoms with van der Waals surface area (Å²) >= 11 is 0. The van der Waals surface area contributed by atoms with E-state index in [2.05, 4.69) is 80.1 Å². The molecule has 0 bridgehead atoms. The Hall–Kier alpha value is -2.21. The molecule has 1 amide bonds. The summed E-state index contributed by atoms with van der Waals surface area (Å²) in [5, 5.41) is 3.11. The maximum Gasteiger partial charge on any atom is 0.251 e. The van der Waals surface area contributed by atoms with Gasteiger partial charge in [-0.25, -0.2) is 0 Å². The number of amides is 1. The van der Waals surface area contributed by atoms with Crippen LogP contribution in [0.25, 0.3) is 0 Å². The van der Waals surface area contributed by atoms with Crippen LogP contribution < -0.4 is 5.32 Å². The van der Waals surface area contributed by atoms with Crippen LogP contribution in [0.1, 0.15) is 61.7 Å². The van der Waals surface area contributed by atoms with Gasteiger partial charge in [-0.05, 0) is 63.1 Å². The van der Waals surface area contributed by atoms with Crippen molar-refractivity contribution < 1.29 is 9.53 Å². The van der Waals surface area contributed by atoms with Crippen molar-refractivity contribution in [3.05, 3.63) is 70.8 Å². The van der Waals surface area contributed by atoms with Crippen molar-refractivity contribution >= 4 is 5.91 Å². The molecule has 2 unspecified atom stereocenters. The van der Waals surface area contributed by atoms with Crippen molar-refractivity contribution in [2.24, 2.45) is 0 Å². The lowest BCUT2D eigenvalue weighted by Gasteiger charge is -2.35. The Kier molecular flexibility index (Phi) is 8.85. The highest BCUT2D eigenvalue weighted by molar-refractivity contribution is 5.94. The number of morpholine rings is 1. The summed E-state index contributed by atoms with van der Waals surface area (Å²) in [5.74, 6) is -0.0313. The van der Waals surface area contributed by atoms with Crippen molar-refractivity contribution in [3.63, 3.8) is 0 Å². The van der Waals surface area contributed by atoms with Crippen LogP contribution in [0, 0.1) is 0 Å². The largest absolute Gasteiger partial charge is 0.373 e. The van der Waals surface area contributed by atoms with Crippen LogP contribution in [0.5, 0.6) is 0 Å². The minimum Gasteiger partial charge on any atom is -0.373 e. The molecule has 5 heteroatoms. The summed E-state index contributed by atoms with van der Waals surface area (Å²) in [5.41, 5.74) is 4.36. The minimum absolute atomic E-state index is 0.0313. The average molecular weight is 438 g/mol. The third kappa shape index (κ3) is 6.89. The van der Waals surface area contributed by atoms with Gasteiger partial charge in [0.15, 0.2) is 0 Å². The first kappa shape index (κ1) is 24.4. The van der Waals surface area contributed by atoms with Crippen LogP contribution in [0.2, 0.25) is 0 Å². The fourth-order valence-electron chi connectivity index (χ4n) is 4.47. The molecule has 0 aliphatic carbocycles. The second-order valence-electron chi connectivity index (χ2n) is 9.26. The molecule has 2 aromatic rings. The molecular weight excluding hydrogens is 398 g/mol. The van der Waals surface area contributed by atoms with Crippen LogP contribution in [0.3, 0.4) is 0 Å². The van der Waals surface area contributed by atoms with E-state index in [9.17, 15) is 4.79 Å². The van der Waals surface area contributed by atoms with E-state index in [1.807, 2.05) is 18.2 Å². The average Bonchev–Trinajstić information content (AvgIpc) is 2.76. The lowest BCUT2D eigenvalue weighted by molar-refractivity contribution is -0.0705. The lowest BCUT2D eigenvalue weighted by Crippen LogP contribution is -2.45. The fraction of sp³-hybridized carbons (Fsp3) is 0.519. The standard InChI is InChI=1S/C27H39N3O2/c1-6-30(20(2)3)18-23-11-13-24(14-12-23)27(31)28-15-25-9-7-8-10-26(25)19-29-16-21(4)32-22(5)17-29/h7-14,20-22H,6,15-19H2,1-5H3,(H,28,31). The number of hydrogen-bond acceptors (Lipinski definition) is 4. The number of carbonyl (C=O) groups is 1. The van der Waals surface area contributed by atoms with Gasteiger partial charge in [-0.15, -0.1) is 0 Å². The van der Waals surface area contributed by atoms with Gasteiger partial charge in [0, 0.05) is 44.3 Å². The van der Waals surface area contributed by atoms with E-state index in [-0.39, 0.29) is 18.1 Å². The van der Waals surface area contributed by atoms with Gasteiger partial charge in [-0.1, -0.05) is 43.3 Å². The summed E-state index contributed by atoms with van der Waals surface area (Å²) in [6, 6.07) is 16.9. The monoisotopic (exact) mass is 437 g/mol. The van der Waals surface area contributed by atoms with Gasteiger partial charge < -0.3 is 10.1 Å². The third-order valence-electron chi connectivity index (χ3n) is 6.19. The summed E-state index contributed by atoms with van der Waals surface area (Å²) < 4.78 is 5.86. The Morgan fingerprint density at radius 2 is 1.69 bits per heavy atom. The van der Waals surface area contributed by atoms with E-state index in [4.69, 9.17) is 4.74 Å². The normalized spacial score (nSPS) is 19.5. The van der Waals surface area contributed by atoms with Crippen molar-refractivity contribution in [3.8, 4) is 0 Å². The molecule has 32 heavy (non-hydrogen) atoms. The highest BCUT2D eigenvalue weighted by Gasteiger charge is 2.22. The van der Waals surface area contributed by atoms with Gasteiger partial charge in [0.25, 0.3) is 5.91 Å². The molecule has 174 valence electrons. The number of hydrogen-bond donors (Lipinski definition) is 1. The Bertz CT molecular complexity index is 855. The first-order valence-corrected chi connectivity index (χ1v) is 11.9. The number of nitrogens with one attached hydrogen (secondary N) is 1. The number of nitrogens with zero attached hydrogens (tertiary/aromatic N) is 2. The van der Waals surface area contributed by atoms with Crippen LogP contribution >= 0.6 is 0 Å². The number of rotatable bonds is 9. The molecule has 1 fully saturated rings. The van der Waals surface area contributed by atoms with Gasteiger partial charge in [0.1, 0.15) is 0 Å². The Morgan fingerprint density at radius 3 is 2.28 bits per heavy atom. The van der Waals surface area contributed by atoms with Crippen LogP contribution in [0.4, 0.5) is 0 Å². The summed E-state index contributed by atoms with van der Waals surface area (Å²) in [6.07, 6.45) is 0.497. The quantitative estimate of drug-likeness (QED) is 0.629. The van der Waals surface area contributed by atoms with Crippen molar-refractivity contribution in [2.45, 2.75) is 72.5 Å². The number of carbonyl (C=O) groups excluding carboxylic acids is 1. The Balaban J connectivity index is 1.58. The molecule has 2 aromatic carbocycles. The van der Waals surface area contributed by atoms with Crippen LogP contribution in [-0.4, -0.2) is 53.6 Å². The van der Waals surface area contributed by atoms with Gasteiger partial charge >= 0.3 is 0 Å². The molecule has 0 saturated carbocycles. The van der Waals surface area contributed by atoms with E-state index in [0.717, 1.165) is 32.7 Å². The number of ether oxygens (including phenoxy) is 1. The summed E-state index contributed by atoms with van der Waals surface area (Å²) in [7, 11) is 0. The summed E-state index contributed by atoms with van der Waals surface area (Å²) in [4.78, 5) is 17.6. The molecule has 1 saturated heterocycles. The van der Waals surface area contributed by atoms with Gasteiger partial charge in [0.2, 0.25) is 0 Å². The van der Waals surface area contributed by atoms with Crippen LogP contribution in [0.15, 0.2) is 48.5 Å². The predicted molar refractivity (Wildman–Crippen MR) is 131 cm³/mol. The molecule has 1 N–H and O–H groups in total. The van der Waals surface area contributed by atoms with Crippen LogP contribution in [-0.2, 0) is 24.4 Å². The molecule has 0 radical (unpaired) electrons. The molecule has 0 aromatic heterocycles. The maximum atomic E-state index is 12.8. The van der Waals surface area contributed by atoms with E-state index in [1.165, 1.54) is 16.7 Å². The zero-order valence-corrected chi connectivity index (χ0v) is 20.3.